The monoisotopic (exact) mass is 329 g/mol. The lowest BCUT2D eigenvalue weighted by atomic mass is 9.93. The molecule has 0 amide bonds. The van der Waals surface area contributed by atoms with Crippen LogP contribution >= 0.6 is 0 Å². The van der Waals surface area contributed by atoms with Gasteiger partial charge in [0, 0.05) is 29.2 Å². The zero-order valence-electron chi connectivity index (χ0n) is 14.7. The Hall–Kier alpha value is -1.72. The lowest BCUT2D eigenvalue weighted by Crippen LogP contribution is -2.49. The molecule has 0 bridgehead atoms. The number of benzene rings is 1. The summed E-state index contributed by atoms with van der Waals surface area (Å²) in [7, 11) is -1.88. The molecule has 124 valence electrons. The van der Waals surface area contributed by atoms with E-state index >= 15 is 0 Å². The summed E-state index contributed by atoms with van der Waals surface area (Å²) >= 11 is 0. The van der Waals surface area contributed by atoms with Gasteiger partial charge in [-0.2, -0.15) is 0 Å². The molecule has 4 N–H and O–H groups in total. The van der Waals surface area contributed by atoms with Gasteiger partial charge in [-0.1, -0.05) is 20.8 Å². The first-order valence-corrected chi connectivity index (χ1v) is 11.0. The maximum absolute atomic E-state index is 6.46. The summed E-state index contributed by atoms with van der Waals surface area (Å²) in [6, 6.07) is 4.06. The van der Waals surface area contributed by atoms with Crippen LogP contribution in [0.1, 0.15) is 26.3 Å². The van der Waals surface area contributed by atoms with Crippen molar-refractivity contribution in [1.82, 2.24) is 5.06 Å². The number of nitrogens with zero attached hydrogens (tertiary/aromatic N) is 1. The molecule has 0 radical (unpaired) electrons. The summed E-state index contributed by atoms with van der Waals surface area (Å²) in [4.78, 5) is 0. The average Bonchev–Trinajstić information content (AvgIpc) is 2.34. The van der Waals surface area contributed by atoms with E-state index in [0.717, 1.165) is 29.6 Å². The van der Waals surface area contributed by atoms with Gasteiger partial charge in [0.25, 0.3) is 0 Å². The molecule has 0 spiro atoms. The molecule has 0 saturated heterocycles. The molecule has 1 aliphatic carbocycles. The summed E-state index contributed by atoms with van der Waals surface area (Å²) in [5, 5.41) is 4.55. The fraction of sp³-hybridized carbons (Fsp3) is 0.444. The average molecular weight is 330 g/mol. The van der Waals surface area contributed by atoms with Crippen molar-refractivity contribution in [3.8, 4) is 0 Å². The smallest absolute Gasteiger partial charge is 0.228 e. The topological polar surface area (TPSA) is 64.5 Å². The molecule has 3 rings (SSSR count). The molecule has 4 nitrogen and oxygen atoms in total. The van der Waals surface area contributed by atoms with Gasteiger partial charge in [0.2, 0.25) is 8.32 Å². The van der Waals surface area contributed by atoms with E-state index < -0.39 is 8.32 Å². The van der Waals surface area contributed by atoms with Gasteiger partial charge in [-0.05, 0) is 52.7 Å². The minimum Gasteiger partial charge on any atom is -0.402 e. The molecular weight excluding hydrogens is 302 g/mol. The number of rotatable bonds is 2. The third-order valence-electron chi connectivity index (χ3n) is 5.11. The van der Waals surface area contributed by atoms with Crippen molar-refractivity contribution < 1.29 is 4.53 Å². The largest absolute Gasteiger partial charge is 0.402 e. The molecule has 2 aliphatic rings. The van der Waals surface area contributed by atoms with Crippen LogP contribution in [-0.2, 0) is 10.9 Å². The van der Waals surface area contributed by atoms with Gasteiger partial charge in [-0.15, -0.1) is 0 Å². The summed E-state index contributed by atoms with van der Waals surface area (Å²) in [6.45, 7) is 12.0. The Morgan fingerprint density at radius 2 is 1.87 bits per heavy atom. The van der Waals surface area contributed by atoms with Gasteiger partial charge < -0.3 is 16.0 Å². The second kappa shape index (κ2) is 5.14. The standard InChI is InChI=1S/C18H27N3OSi/c1-18(2,3)23(4,5)22-21-10-13-8-15(19)6-12-7-16(20)9-14(11-21)17(12)13/h6,8-10H,7,11,19-20H2,1-5H3. The normalized spacial score (nSPS) is 17.5. The van der Waals surface area contributed by atoms with E-state index in [9.17, 15) is 0 Å². The molecule has 1 heterocycles. The molecule has 0 fully saturated rings. The molecule has 0 unspecified atom stereocenters. The van der Waals surface area contributed by atoms with Crippen LogP contribution in [0.5, 0.6) is 0 Å². The van der Waals surface area contributed by atoms with Crippen molar-refractivity contribution in [3.63, 3.8) is 0 Å². The van der Waals surface area contributed by atoms with Crippen LogP contribution in [0, 0.1) is 0 Å². The van der Waals surface area contributed by atoms with E-state index in [1.807, 2.05) is 17.2 Å². The summed E-state index contributed by atoms with van der Waals surface area (Å²) in [5.41, 5.74) is 16.3. The summed E-state index contributed by atoms with van der Waals surface area (Å²) in [6.07, 6.45) is 4.96. The third-order valence-corrected chi connectivity index (χ3v) is 9.41. The Morgan fingerprint density at radius 1 is 1.17 bits per heavy atom. The predicted octanol–water partition coefficient (Wildman–Crippen LogP) is 1.81. The van der Waals surface area contributed by atoms with E-state index in [1.54, 1.807) is 0 Å². The number of nitrogen functional groups attached to an aromatic ring is 1. The van der Waals surface area contributed by atoms with E-state index in [1.165, 1.54) is 16.4 Å². The van der Waals surface area contributed by atoms with E-state index in [0.29, 0.717) is 0 Å². The highest BCUT2D eigenvalue weighted by Crippen LogP contribution is 2.37. The molecule has 0 atom stereocenters. The molecular formula is C18H27N3OSi. The third kappa shape index (κ3) is 2.91. The minimum absolute atomic E-state index is 0.161. The van der Waals surface area contributed by atoms with Crippen LogP contribution in [0.15, 0.2) is 23.9 Å². The number of allylic oxidation sites excluding steroid dienone is 1. The maximum Gasteiger partial charge on any atom is 0.228 e. The zero-order valence-corrected chi connectivity index (χ0v) is 15.7. The zero-order chi connectivity index (χ0) is 17.0. The lowest BCUT2D eigenvalue weighted by Gasteiger charge is -2.40. The van der Waals surface area contributed by atoms with Gasteiger partial charge >= 0.3 is 0 Å². The fourth-order valence-corrected chi connectivity index (χ4v) is 3.91. The van der Waals surface area contributed by atoms with E-state index in [4.69, 9.17) is 16.0 Å². The Kier molecular flexibility index (Phi) is 3.61. The fourth-order valence-electron chi connectivity index (χ4n) is 2.93. The Morgan fingerprint density at radius 3 is 2.52 bits per heavy atom. The minimum atomic E-state index is -1.88. The van der Waals surface area contributed by atoms with Gasteiger partial charge in [0.1, 0.15) is 0 Å². The second-order valence-electron chi connectivity index (χ2n) is 8.12. The molecule has 5 heteroatoms. The van der Waals surface area contributed by atoms with Gasteiger partial charge in [0.05, 0.1) is 6.54 Å². The first-order chi connectivity index (χ1) is 10.6. The Balaban J connectivity index is 2.06. The van der Waals surface area contributed by atoms with Crippen molar-refractivity contribution in [2.75, 3.05) is 12.3 Å². The van der Waals surface area contributed by atoms with Crippen molar-refractivity contribution in [2.45, 2.75) is 45.3 Å². The quantitative estimate of drug-likeness (QED) is 0.641. The SMILES string of the molecule is CC(C)(C)[Si](C)(C)ON1C=c2cc(N)cc3c2=C(C=C(N)C3)C1. The van der Waals surface area contributed by atoms with E-state index in [-0.39, 0.29) is 5.04 Å². The van der Waals surface area contributed by atoms with Crippen LogP contribution in [0.4, 0.5) is 5.69 Å². The number of hydrogen-bond donors (Lipinski definition) is 2. The van der Waals surface area contributed by atoms with Crippen molar-refractivity contribution in [3.05, 3.63) is 39.9 Å². The Labute approximate surface area is 139 Å². The lowest BCUT2D eigenvalue weighted by molar-refractivity contribution is 0.00877. The van der Waals surface area contributed by atoms with Crippen LogP contribution in [0.2, 0.25) is 18.1 Å². The van der Waals surface area contributed by atoms with Gasteiger partial charge in [-0.3, -0.25) is 5.06 Å². The predicted molar refractivity (Wildman–Crippen MR) is 98.9 cm³/mol. The highest BCUT2D eigenvalue weighted by atomic mass is 28.4. The molecule has 23 heavy (non-hydrogen) atoms. The van der Waals surface area contributed by atoms with Crippen LogP contribution in [0.3, 0.4) is 0 Å². The first-order valence-electron chi connectivity index (χ1n) is 8.12. The van der Waals surface area contributed by atoms with Crippen molar-refractivity contribution in [1.29, 1.82) is 0 Å². The molecule has 1 aliphatic heterocycles. The molecule has 1 aromatic rings. The van der Waals surface area contributed by atoms with Crippen molar-refractivity contribution in [2.24, 2.45) is 5.73 Å². The van der Waals surface area contributed by atoms with Crippen LogP contribution in [0.25, 0.3) is 11.8 Å². The number of hydroxylamine groups is 2. The summed E-state index contributed by atoms with van der Waals surface area (Å²) < 4.78 is 6.46. The maximum atomic E-state index is 6.46. The molecule has 0 saturated carbocycles. The van der Waals surface area contributed by atoms with Crippen molar-refractivity contribution >= 4 is 25.8 Å². The highest BCUT2D eigenvalue weighted by Gasteiger charge is 2.40. The van der Waals surface area contributed by atoms with E-state index in [2.05, 4.69) is 46.1 Å². The molecule has 0 aromatic heterocycles. The number of nitrogens with two attached hydrogens (primary N) is 2. The highest BCUT2D eigenvalue weighted by molar-refractivity contribution is 6.74. The summed E-state index contributed by atoms with van der Waals surface area (Å²) in [5.74, 6) is 0. The second-order valence-corrected chi connectivity index (χ2v) is 12.8. The van der Waals surface area contributed by atoms with Crippen LogP contribution in [-0.4, -0.2) is 19.9 Å². The van der Waals surface area contributed by atoms with Gasteiger partial charge in [0.15, 0.2) is 0 Å². The number of hydrogen-bond acceptors (Lipinski definition) is 4. The van der Waals surface area contributed by atoms with Gasteiger partial charge in [-0.25, -0.2) is 0 Å². The first kappa shape index (κ1) is 16.1. The van der Waals surface area contributed by atoms with Crippen LogP contribution < -0.4 is 21.9 Å². The Bertz CT molecular complexity index is 803. The molecule has 1 aromatic carbocycles. The number of anilines is 1.